The molecule has 0 aliphatic carbocycles. The van der Waals surface area contributed by atoms with Gasteiger partial charge in [-0.3, -0.25) is 14.8 Å². The Bertz CT molecular complexity index is 1910. The highest BCUT2D eigenvalue weighted by Gasteiger charge is 2.31. The molecule has 0 radical (unpaired) electrons. The van der Waals surface area contributed by atoms with Crippen molar-refractivity contribution in [3.8, 4) is 0 Å². The van der Waals surface area contributed by atoms with Gasteiger partial charge in [0.05, 0.1) is 24.4 Å². The van der Waals surface area contributed by atoms with Crippen molar-refractivity contribution in [2.75, 3.05) is 7.05 Å². The second-order valence-electron chi connectivity index (χ2n) is 13.6. The van der Waals surface area contributed by atoms with Crippen molar-refractivity contribution in [2.24, 2.45) is 5.92 Å². The molecular weight excluding hydrogens is 668 g/mol. The molecule has 4 amide bonds. The first-order valence-corrected chi connectivity index (χ1v) is 17.9. The van der Waals surface area contributed by atoms with Crippen LogP contribution in [0.2, 0.25) is 0 Å². The number of fused-ring (bicyclic) bond motifs is 1. The zero-order valence-electron chi connectivity index (χ0n) is 30.4. The molecule has 2 heterocycles. The SMILES string of the molecule is CC(C)[C@H](NC(=O)N(C)Cc1nccc2ccccc12)C(=O)N[C@@H](Cc1ccccc1)C[C@H](O)[C@H](Cc1ccccc1)NC(=O)OCc1cccnc1. The number of aliphatic hydroxyl groups is 1. The molecule has 2 aromatic heterocycles. The molecule has 0 saturated heterocycles. The molecule has 11 nitrogen and oxygen atoms in total. The molecule has 0 unspecified atom stereocenters. The largest absolute Gasteiger partial charge is 0.445 e. The van der Waals surface area contributed by atoms with Crippen LogP contribution in [-0.4, -0.2) is 69.3 Å². The summed E-state index contributed by atoms with van der Waals surface area (Å²) < 4.78 is 5.47. The molecule has 53 heavy (non-hydrogen) atoms. The van der Waals surface area contributed by atoms with Crippen LogP contribution >= 0.6 is 0 Å². The summed E-state index contributed by atoms with van der Waals surface area (Å²) in [7, 11) is 1.67. The van der Waals surface area contributed by atoms with Crippen LogP contribution in [0.4, 0.5) is 9.59 Å². The summed E-state index contributed by atoms with van der Waals surface area (Å²) in [4.78, 5) is 50.5. The topological polar surface area (TPSA) is 146 Å². The highest BCUT2D eigenvalue weighted by Crippen LogP contribution is 2.19. The van der Waals surface area contributed by atoms with Crippen LogP contribution in [0.25, 0.3) is 10.8 Å². The van der Waals surface area contributed by atoms with Crippen molar-refractivity contribution in [1.29, 1.82) is 0 Å². The normalized spacial score (nSPS) is 13.4. The minimum atomic E-state index is -1.07. The van der Waals surface area contributed by atoms with Gasteiger partial charge in [0, 0.05) is 42.6 Å². The maximum Gasteiger partial charge on any atom is 0.407 e. The molecule has 276 valence electrons. The van der Waals surface area contributed by atoms with E-state index in [0.717, 1.165) is 33.2 Å². The number of amides is 4. The van der Waals surface area contributed by atoms with E-state index in [1.807, 2.05) is 105 Å². The number of carbonyl (C=O) groups is 3. The zero-order valence-corrected chi connectivity index (χ0v) is 30.4. The number of hydrogen-bond donors (Lipinski definition) is 4. The number of ether oxygens (including phenoxy) is 1. The minimum Gasteiger partial charge on any atom is -0.445 e. The highest BCUT2D eigenvalue weighted by molar-refractivity contribution is 5.88. The van der Waals surface area contributed by atoms with Gasteiger partial charge in [-0.05, 0) is 53.8 Å². The summed E-state index contributed by atoms with van der Waals surface area (Å²) >= 11 is 0. The van der Waals surface area contributed by atoms with Crippen molar-refractivity contribution in [3.63, 3.8) is 0 Å². The Labute approximate surface area is 310 Å². The second-order valence-corrected chi connectivity index (χ2v) is 13.6. The van der Waals surface area contributed by atoms with Crippen LogP contribution in [0.1, 0.15) is 42.7 Å². The minimum absolute atomic E-state index is 0.0243. The average molecular weight is 717 g/mol. The molecule has 11 heteroatoms. The van der Waals surface area contributed by atoms with E-state index in [1.54, 1.807) is 37.8 Å². The Hall–Kier alpha value is -5.81. The van der Waals surface area contributed by atoms with E-state index in [-0.39, 0.29) is 31.4 Å². The molecule has 0 spiro atoms. The first-order chi connectivity index (χ1) is 25.7. The average Bonchev–Trinajstić information content (AvgIpc) is 3.17. The third kappa shape index (κ3) is 11.6. The van der Waals surface area contributed by atoms with Gasteiger partial charge in [-0.1, -0.05) is 105 Å². The molecule has 4 atom stereocenters. The highest BCUT2D eigenvalue weighted by atomic mass is 16.5. The third-order valence-electron chi connectivity index (χ3n) is 9.07. The number of alkyl carbamates (subject to hydrolysis) is 1. The Morgan fingerprint density at radius 1 is 0.774 bits per heavy atom. The molecule has 5 aromatic rings. The summed E-state index contributed by atoms with van der Waals surface area (Å²) in [5.74, 6) is -0.617. The smallest absolute Gasteiger partial charge is 0.407 e. The van der Waals surface area contributed by atoms with E-state index in [1.165, 1.54) is 4.90 Å². The number of benzene rings is 3. The van der Waals surface area contributed by atoms with Crippen molar-refractivity contribution >= 4 is 28.8 Å². The fourth-order valence-corrected chi connectivity index (χ4v) is 6.20. The van der Waals surface area contributed by atoms with Gasteiger partial charge in [0.2, 0.25) is 5.91 Å². The molecule has 0 aliphatic rings. The van der Waals surface area contributed by atoms with Gasteiger partial charge in [-0.2, -0.15) is 0 Å². The van der Waals surface area contributed by atoms with Crippen LogP contribution < -0.4 is 16.0 Å². The number of hydrogen-bond acceptors (Lipinski definition) is 7. The molecule has 5 rings (SSSR count). The number of pyridine rings is 2. The quantitative estimate of drug-likeness (QED) is 0.101. The lowest BCUT2D eigenvalue weighted by molar-refractivity contribution is -0.124. The first kappa shape index (κ1) is 38.4. The fourth-order valence-electron chi connectivity index (χ4n) is 6.20. The Morgan fingerprint density at radius 2 is 1.43 bits per heavy atom. The molecular formula is C42H48N6O5. The maximum atomic E-state index is 14.0. The summed E-state index contributed by atoms with van der Waals surface area (Å²) in [6.07, 6.45) is 4.10. The number of carbonyl (C=O) groups excluding carboxylic acids is 3. The monoisotopic (exact) mass is 716 g/mol. The lowest BCUT2D eigenvalue weighted by atomic mass is 9.93. The van der Waals surface area contributed by atoms with Crippen LogP contribution in [0.5, 0.6) is 0 Å². The number of rotatable bonds is 16. The molecule has 0 saturated carbocycles. The lowest BCUT2D eigenvalue weighted by Crippen LogP contribution is -2.55. The van der Waals surface area contributed by atoms with E-state index in [9.17, 15) is 19.5 Å². The van der Waals surface area contributed by atoms with Gasteiger partial charge in [-0.25, -0.2) is 9.59 Å². The van der Waals surface area contributed by atoms with Crippen LogP contribution in [0, 0.1) is 5.92 Å². The van der Waals surface area contributed by atoms with Crippen LogP contribution in [0.15, 0.2) is 122 Å². The lowest BCUT2D eigenvalue weighted by Gasteiger charge is -2.30. The number of nitrogens with one attached hydrogen (secondary N) is 3. The molecule has 3 aromatic carbocycles. The summed E-state index contributed by atoms with van der Waals surface area (Å²) in [5, 5.41) is 22.6. The van der Waals surface area contributed by atoms with Crippen LogP contribution in [0.3, 0.4) is 0 Å². The van der Waals surface area contributed by atoms with Crippen molar-refractivity contribution in [3.05, 3.63) is 144 Å². The predicted molar refractivity (Wildman–Crippen MR) is 205 cm³/mol. The second kappa shape index (κ2) is 19.1. The number of aromatic nitrogens is 2. The summed E-state index contributed by atoms with van der Waals surface area (Å²) in [6, 6.07) is 30.0. The zero-order chi connectivity index (χ0) is 37.6. The van der Waals surface area contributed by atoms with Gasteiger partial charge >= 0.3 is 12.1 Å². The Balaban J connectivity index is 1.29. The fraction of sp³-hybridized carbons (Fsp3) is 0.310. The number of urea groups is 1. The molecule has 0 bridgehead atoms. The van der Waals surface area contributed by atoms with Crippen molar-refractivity contribution < 1.29 is 24.2 Å². The van der Waals surface area contributed by atoms with Gasteiger partial charge in [-0.15, -0.1) is 0 Å². The van der Waals surface area contributed by atoms with Crippen molar-refractivity contribution in [2.45, 2.75) is 70.5 Å². The van der Waals surface area contributed by atoms with E-state index in [0.29, 0.717) is 12.8 Å². The predicted octanol–water partition coefficient (Wildman–Crippen LogP) is 5.81. The summed E-state index contributed by atoms with van der Waals surface area (Å²) in [5.41, 5.74) is 3.36. The Kier molecular flexibility index (Phi) is 13.9. The molecule has 0 aliphatic heterocycles. The molecule has 4 N–H and O–H groups in total. The Morgan fingerprint density at radius 3 is 2.11 bits per heavy atom. The van der Waals surface area contributed by atoms with Gasteiger partial charge < -0.3 is 30.7 Å². The standard InChI is InChI=1S/C42H48N6O5/c1-29(2)39(47-41(51)48(3)27-37-35-19-11-10-18-33(35)20-22-44-37)40(50)45-34(23-30-13-6-4-7-14-30)25-38(49)36(24-31-15-8-5-9-16-31)46-42(52)53-28-32-17-12-21-43-26-32/h4-22,26,29,34,36,38-39,49H,23-25,27-28H2,1-3H3,(H,45,50)(H,46,52)(H,47,51)/t34-,36-,38-,39-/m0/s1. The van der Waals surface area contributed by atoms with Crippen molar-refractivity contribution in [1.82, 2.24) is 30.8 Å². The first-order valence-electron chi connectivity index (χ1n) is 17.9. The van der Waals surface area contributed by atoms with Crippen LogP contribution in [-0.2, 0) is 35.5 Å². The maximum absolute atomic E-state index is 14.0. The third-order valence-corrected chi connectivity index (χ3v) is 9.07. The van der Waals surface area contributed by atoms with E-state index in [2.05, 4.69) is 25.9 Å². The van der Waals surface area contributed by atoms with E-state index in [4.69, 9.17) is 4.74 Å². The van der Waals surface area contributed by atoms with E-state index < -0.39 is 36.4 Å². The molecule has 0 fully saturated rings. The van der Waals surface area contributed by atoms with Gasteiger partial charge in [0.25, 0.3) is 0 Å². The number of nitrogens with zero attached hydrogens (tertiary/aromatic N) is 3. The summed E-state index contributed by atoms with van der Waals surface area (Å²) in [6.45, 7) is 4.02. The van der Waals surface area contributed by atoms with Gasteiger partial charge in [0.15, 0.2) is 0 Å². The van der Waals surface area contributed by atoms with Gasteiger partial charge in [0.1, 0.15) is 12.6 Å². The number of aliphatic hydroxyl groups excluding tert-OH is 1. The van der Waals surface area contributed by atoms with E-state index >= 15 is 0 Å².